The highest BCUT2D eigenvalue weighted by Gasteiger charge is 2.13. The Morgan fingerprint density at radius 2 is 1.09 bits per heavy atom. The van der Waals surface area contributed by atoms with Gasteiger partial charge in [0.25, 0.3) is 0 Å². The fraction of sp³-hybridized carbons (Fsp3) is 0.0690. The van der Waals surface area contributed by atoms with Gasteiger partial charge in [0.2, 0.25) is 0 Å². The molecular weight excluding hydrogens is 394 g/mol. The predicted octanol–water partition coefficient (Wildman–Crippen LogP) is 6.74. The van der Waals surface area contributed by atoms with E-state index < -0.39 is 0 Å². The van der Waals surface area contributed by atoms with Crippen LogP contribution in [0.25, 0.3) is 11.8 Å². The second kappa shape index (κ2) is 10.3. The molecule has 0 spiro atoms. The second-order valence-electron chi connectivity index (χ2n) is 7.16. The van der Waals surface area contributed by atoms with E-state index in [-0.39, 0.29) is 0 Å². The van der Waals surface area contributed by atoms with Crippen molar-refractivity contribution in [2.75, 3.05) is 14.2 Å². The molecule has 0 aliphatic rings. The fourth-order valence-corrected chi connectivity index (χ4v) is 3.57. The van der Waals surface area contributed by atoms with Crippen LogP contribution in [-0.2, 0) is 0 Å². The molecule has 0 N–H and O–H groups in total. The Morgan fingerprint density at radius 1 is 0.594 bits per heavy atom. The number of methoxy groups -OCH3 is 2. The van der Waals surface area contributed by atoms with Crippen LogP contribution in [0.1, 0.15) is 22.3 Å². The van der Waals surface area contributed by atoms with Crippen molar-refractivity contribution in [3.8, 4) is 11.5 Å². The van der Waals surface area contributed by atoms with Crippen LogP contribution in [0.15, 0.2) is 114 Å². The van der Waals surface area contributed by atoms with Gasteiger partial charge < -0.3 is 9.47 Å². The van der Waals surface area contributed by atoms with Crippen molar-refractivity contribution >= 4 is 17.5 Å². The minimum Gasteiger partial charge on any atom is -0.496 e. The molecule has 32 heavy (non-hydrogen) atoms. The molecule has 0 atom stereocenters. The number of aliphatic imine (C=N–C) groups is 1. The summed E-state index contributed by atoms with van der Waals surface area (Å²) in [6.07, 6.45) is 2.04. The van der Waals surface area contributed by atoms with E-state index in [1.165, 1.54) is 0 Å². The number of benzene rings is 4. The zero-order valence-corrected chi connectivity index (χ0v) is 18.2. The third kappa shape index (κ3) is 4.79. The average molecular weight is 420 g/mol. The molecule has 0 unspecified atom stereocenters. The number of hydrogen-bond acceptors (Lipinski definition) is 3. The van der Waals surface area contributed by atoms with Gasteiger partial charge in [-0.05, 0) is 24.3 Å². The lowest BCUT2D eigenvalue weighted by Crippen LogP contribution is -2.04. The van der Waals surface area contributed by atoms with E-state index in [2.05, 4.69) is 24.3 Å². The second-order valence-corrected chi connectivity index (χ2v) is 7.16. The molecule has 0 saturated heterocycles. The fourth-order valence-electron chi connectivity index (χ4n) is 3.57. The van der Waals surface area contributed by atoms with Crippen LogP contribution in [0.4, 0.5) is 0 Å². The van der Waals surface area contributed by atoms with Crippen molar-refractivity contribution in [1.29, 1.82) is 0 Å². The van der Waals surface area contributed by atoms with Crippen LogP contribution in [0.3, 0.4) is 0 Å². The lowest BCUT2D eigenvalue weighted by molar-refractivity contribution is 0.413. The molecule has 0 amide bonds. The molecule has 3 nitrogen and oxygen atoms in total. The Bertz CT molecular complexity index is 1190. The highest BCUT2D eigenvalue weighted by molar-refractivity contribution is 6.15. The van der Waals surface area contributed by atoms with Crippen LogP contribution in [0.2, 0.25) is 0 Å². The topological polar surface area (TPSA) is 30.8 Å². The molecule has 4 aromatic rings. The van der Waals surface area contributed by atoms with Gasteiger partial charge >= 0.3 is 0 Å². The van der Waals surface area contributed by atoms with E-state index in [0.717, 1.165) is 45.2 Å². The summed E-state index contributed by atoms with van der Waals surface area (Å²) in [4.78, 5) is 5.21. The molecule has 4 rings (SSSR count). The maximum Gasteiger partial charge on any atom is 0.128 e. The molecule has 0 saturated carbocycles. The average Bonchev–Trinajstić information content (AvgIpc) is 2.87. The Morgan fingerprint density at radius 3 is 1.69 bits per heavy atom. The van der Waals surface area contributed by atoms with Gasteiger partial charge in [0, 0.05) is 22.3 Å². The molecule has 0 aliphatic carbocycles. The third-order valence-corrected chi connectivity index (χ3v) is 5.14. The lowest BCUT2D eigenvalue weighted by Gasteiger charge is -2.13. The van der Waals surface area contributed by atoms with Crippen molar-refractivity contribution in [2.24, 2.45) is 4.99 Å². The first-order chi connectivity index (χ1) is 15.8. The van der Waals surface area contributed by atoms with Gasteiger partial charge in [-0.2, -0.15) is 0 Å². The first-order valence-electron chi connectivity index (χ1n) is 10.5. The molecular formula is C29H25NO2. The third-order valence-electron chi connectivity index (χ3n) is 5.14. The molecule has 158 valence electrons. The van der Waals surface area contributed by atoms with E-state index in [1.54, 1.807) is 14.2 Å². The van der Waals surface area contributed by atoms with Crippen LogP contribution >= 0.6 is 0 Å². The van der Waals surface area contributed by atoms with Gasteiger partial charge in [-0.3, -0.25) is 0 Å². The predicted molar refractivity (Wildman–Crippen MR) is 132 cm³/mol. The van der Waals surface area contributed by atoms with Crippen molar-refractivity contribution in [2.45, 2.75) is 0 Å². The zero-order valence-electron chi connectivity index (χ0n) is 18.2. The van der Waals surface area contributed by atoms with Gasteiger partial charge in [0.15, 0.2) is 0 Å². The SMILES string of the molecule is COc1ccccc1/C=C(/N=C(c1ccccc1)c1ccccc1)c1ccccc1OC. The number of ether oxygens (including phenoxy) is 2. The maximum absolute atomic E-state index is 5.67. The van der Waals surface area contributed by atoms with Crippen molar-refractivity contribution in [3.05, 3.63) is 131 Å². The first kappa shape index (κ1) is 21.1. The van der Waals surface area contributed by atoms with Crippen molar-refractivity contribution < 1.29 is 9.47 Å². The highest BCUT2D eigenvalue weighted by Crippen LogP contribution is 2.32. The van der Waals surface area contributed by atoms with Crippen LogP contribution in [0.5, 0.6) is 11.5 Å². The summed E-state index contributed by atoms with van der Waals surface area (Å²) in [6, 6.07) is 36.3. The molecule has 0 aliphatic heterocycles. The smallest absolute Gasteiger partial charge is 0.128 e. The summed E-state index contributed by atoms with van der Waals surface area (Å²) in [5.74, 6) is 1.55. The number of para-hydroxylation sites is 2. The van der Waals surface area contributed by atoms with Crippen LogP contribution in [0, 0.1) is 0 Å². The van der Waals surface area contributed by atoms with Crippen LogP contribution < -0.4 is 9.47 Å². The van der Waals surface area contributed by atoms with Gasteiger partial charge in [0.1, 0.15) is 11.5 Å². The van der Waals surface area contributed by atoms with Crippen molar-refractivity contribution in [3.63, 3.8) is 0 Å². The van der Waals surface area contributed by atoms with Crippen molar-refractivity contribution in [1.82, 2.24) is 0 Å². The Balaban J connectivity index is 1.98. The monoisotopic (exact) mass is 419 g/mol. The van der Waals surface area contributed by atoms with E-state index >= 15 is 0 Å². The van der Waals surface area contributed by atoms with E-state index in [4.69, 9.17) is 14.5 Å². The molecule has 3 heteroatoms. The van der Waals surface area contributed by atoms with E-state index in [9.17, 15) is 0 Å². The normalized spacial score (nSPS) is 11.0. The molecule has 0 bridgehead atoms. The van der Waals surface area contributed by atoms with Gasteiger partial charge in [-0.15, -0.1) is 0 Å². The van der Waals surface area contributed by atoms with Gasteiger partial charge in [0.05, 0.1) is 25.6 Å². The summed E-state index contributed by atoms with van der Waals surface area (Å²) in [7, 11) is 3.36. The molecule has 0 radical (unpaired) electrons. The molecule has 0 fully saturated rings. The van der Waals surface area contributed by atoms with Gasteiger partial charge in [-0.1, -0.05) is 91.0 Å². The Kier molecular flexibility index (Phi) is 6.78. The largest absolute Gasteiger partial charge is 0.496 e. The maximum atomic E-state index is 5.67. The number of hydrogen-bond donors (Lipinski definition) is 0. The number of nitrogens with zero attached hydrogens (tertiary/aromatic N) is 1. The van der Waals surface area contributed by atoms with E-state index in [0.29, 0.717) is 0 Å². The minimum absolute atomic E-state index is 0.762. The van der Waals surface area contributed by atoms with Gasteiger partial charge in [-0.25, -0.2) is 4.99 Å². The quantitative estimate of drug-likeness (QED) is 0.245. The lowest BCUT2D eigenvalue weighted by atomic mass is 10.0. The number of rotatable bonds is 7. The zero-order chi connectivity index (χ0) is 22.2. The Labute approximate surface area is 189 Å². The Hall–Kier alpha value is -4.11. The standard InChI is InChI=1S/C29H25NO2/c1-31-27-19-11-9-17-24(27)21-26(25-18-10-12-20-28(25)32-2)30-29(22-13-5-3-6-14-22)23-15-7-4-8-16-23/h3-21H,1-2H3/b26-21+. The molecule has 0 aromatic heterocycles. The summed E-state index contributed by atoms with van der Waals surface area (Å²) in [5.41, 5.74) is 5.61. The summed E-state index contributed by atoms with van der Waals surface area (Å²) >= 11 is 0. The van der Waals surface area contributed by atoms with E-state index in [1.807, 2.05) is 91.0 Å². The molecule has 4 aromatic carbocycles. The molecule has 0 heterocycles. The highest BCUT2D eigenvalue weighted by atomic mass is 16.5. The summed E-state index contributed by atoms with van der Waals surface area (Å²) in [6.45, 7) is 0. The summed E-state index contributed by atoms with van der Waals surface area (Å²) in [5, 5.41) is 0. The van der Waals surface area contributed by atoms with Crippen LogP contribution in [-0.4, -0.2) is 19.9 Å². The first-order valence-corrected chi connectivity index (χ1v) is 10.5. The minimum atomic E-state index is 0.762. The summed E-state index contributed by atoms with van der Waals surface area (Å²) < 4.78 is 11.3.